The molecule has 1 aliphatic heterocycles. The van der Waals surface area contributed by atoms with Crippen molar-refractivity contribution in [2.24, 2.45) is 11.8 Å². The van der Waals surface area contributed by atoms with Crippen LogP contribution in [0.15, 0.2) is 0 Å². The van der Waals surface area contributed by atoms with E-state index < -0.39 is 0 Å². The lowest BCUT2D eigenvalue weighted by atomic mass is 9.84. The summed E-state index contributed by atoms with van der Waals surface area (Å²) in [6.45, 7) is 12.1. The molecular formula is C12H25NO. The molecule has 1 unspecified atom stereocenters. The van der Waals surface area contributed by atoms with E-state index in [1.54, 1.807) is 0 Å². The summed E-state index contributed by atoms with van der Waals surface area (Å²) in [7, 11) is 0. The number of rotatable bonds is 6. The highest BCUT2D eigenvalue weighted by atomic mass is 16.5. The lowest BCUT2D eigenvalue weighted by Crippen LogP contribution is -2.64. The van der Waals surface area contributed by atoms with Gasteiger partial charge in [0, 0.05) is 0 Å². The molecule has 84 valence electrons. The Balaban J connectivity index is 2.22. The third-order valence-electron chi connectivity index (χ3n) is 3.64. The third-order valence-corrected chi connectivity index (χ3v) is 3.64. The number of ether oxygens (including phenoxy) is 1. The van der Waals surface area contributed by atoms with Gasteiger partial charge in [-0.15, -0.1) is 0 Å². The van der Waals surface area contributed by atoms with Gasteiger partial charge in [-0.25, -0.2) is 0 Å². The molecule has 14 heavy (non-hydrogen) atoms. The van der Waals surface area contributed by atoms with Crippen LogP contribution in [0, 0.1) is 11.8 Å². The van der Waals surface area contributed by atoms with Crippen LogP contribution in [0.2, 0.25) is 0 Å². The molecule has 2 nitrogen and oxygen atoms in total. The van der Waals surface area contributed by atoms with Crippen LogP contribution in [0.4, 0.5) is 0 Å². The Morgan fingerprint density at radius 3 is 2.29 bits per heavy atom. The molecule has 0 aromatic heterocycles. The van der Waals surface area contributed by atoms with Gasteiger partial charge in [-0.2, -0.15) is 0 Å². The highest BCUT2D eigenvalue weighted by molar-refractivity contribution is 4.96. The van der Waals surface area contributed by atoms with Crippen molar-refractivity contribution < 1.29 is 4.74 Å². The van der Waals surface area contributed by atoms with Gasteiger partial charge in [-0.1, -0.05) is 34.1 Å². The van der Waals surface area contributed by atoms with Crippen molar-refractivity contribution in [2.75, 3.05) is 19.8 Å². The lowest BCUT2D eigenvalue weighted by Gasteiger charge is -2.46. The van der Waals surface area contributed by atoms with Crippen LogP contribution in [0.1, 0.15) is 40.5 Å². The van der Waals surface area contributed by atoms with Crippen molar-refractivity contribution in [3.8, 4) is 0 Å². The Morgan fingerprint density at radius 2 is 1.93 bits per heavy atom. The molecule has 1 aliphatic rings. The molecule has 1 fully saturated rings. The maximum Gasteiger partial charge on any atom is 0.0676 e. The molecular weight excluding hydrogens is 174 g/mol. The minimum atomic E-state index is 0.285. The van der Waals surface area contributed by atoms with Crippen LogP contribution in [-0.2, 0) is 4.74 Å². The van der Waals surface area contributed by atoms with E-state index in [9.17, 15) is 0 Å². The van der Waals surface area contributed by atoms with E-state index in [0.717, 1.165) is 25.7 Å². The Labute approximate surface area is 88.4 Å². The molecule has 2 heteroatoms. The van der Waals surface area contributed by atoms with Crippen LogP contribution < -0.4 is 5.32 Å². The maximum atomic E-state index is 5.32. The topological polar surface area (TPSA) is 21.3 Å². The second-order valence-electron chi connectivity index (χ2n) is 5.03. The van der Waals surface area contributed by atoms with E-state index in [4.69, 9.17) is 4.74 Å². The molecule has 0 radical (unpaired) electrons. The molecule has 0 spiro atoms. The lowest BCUT2D eigenvalue weighted by molar-refractivity contribution is -0.0976. The fourth-order valence-corrected chi connectivity index (χ4v) is 1.73. The van der Waals surface area contributed by atoms with Crippen LogP contribution >= 0.6 is 0 Å². The molecule has 0 aromatic rings. The van der Waals surface area contributed by atoms with Gasteiger partial charge < -0.3 is 10.1 Å². The molecule has 1 rings (SSSR count). The fraction of sp³-hybridized carbons (Fsp3) is 1.00. The van der Waals surface area contributed by atoms with Gasteiger partial charge in [-0.05, 0) is 24.8 Å². The molecule has 1 heterocycles. The summed E-state index contributed by atoms with van der Waals surface area (Å²) in [4.78, 5) is 0. The molecule has 0 aliphatic carbocycles. The zero-order valence-corrected chi connectivity index (χ0v) is 10.1. The predicted octanol–water partition coefficient (Wildman–Crippen LogP) is 2.44. The molecule has 0 aromatic carbocycles. The third kappa shape index (κ3) is 2.71. The van der Waals surface area contributed by atoms with Gasteiger partial charge >= 0.3 is 0 Å². The predicted molar refractivity (Wildman–Crippen MR) is 60.5 cm³/mol. The van der Waals surface area contributed by atoms with Crippen molar-refractivity contribution in [3.05, 3.63) is 0 Å². The van der Waals surface area contributed by atoms with E-state index >= 15 is 0 Å². The highest BCUT2D eigenvalue weighted by Gasteiger charge is 2.40. The van der Waals surface area contributed by atoms with Gasteiger partial charge in [0.05, 0.1) is 18.8 Å². The van der Waals surface area contributed by atoms with Crippen LogP contribution in [0.3, 0.4) is 0 Å². The summed E-state index contributed by atoms with van der Waals surface area (Å²) >= 11 is 0. The summed E-state index contributed by atoms with van der Waals surface area (Å²) in [5, 5.41) is 3.67. The first-order valence-corrected chi connectivity index (χ1v) is 5.93. The normalized spacial score (nSPS) is 22.1. The van der Waals surface area contributed by atoms with Gasteiger partial charge in [0.15, 0.2) is 0 Å². The summed E-state index contributed by atoms with van der Waals surface area (Å²) in [6.07, 6.45) is 2.57. The van der Waals surface area contributed by atoms with Crippen LogP contribution in [0.25, 0.3) is 0 Å². The van der Waals surface area contributed by atoms with Crippen LogP contribution in [-0.4, -0.2) is 25.3 Å². The van der Waals surface area contributed by atoms with Crippen molar-refractivity contribution in [2.45, 2.75) is 46.1 Å². The number of hydrogen-bond donors (Lipinski definition) is 1. The van der Waals surface area contributed by atoms with E-state index in [1.807, 2.05) is 0 Å². The van der Waals surface area contributed by atoms with Gasteiger partial charge in [0.1, 0.15) is 0 Å². The van der Waals surface area contributed by atoms with Gasteiger partial charge in [0.2, 0.25) is 0 Å². The second kappa shape index (κ2) is 5.13. The van der Waals surface area contributed by atoms with Crippen molar-refractivity contribution in [1.82, 2.24) is 5.32 Å². The van der Waals surface area contributed by atoms with Gasteiger partial charge in [-0.3, -0.25) is 0 Å². The summed E-state index contributed by atoms with van der Waals surface area (Å²) in [5.41, 5.74) is 0.285. The Morgan fingerprint density at radius 1 is 1.29 bits per heavy atom. The fourth-order valence-electron chi connectivity index (χ4n) is 1.73. The zero-order valence-electron chi connectivity index (χ0n) is 10.1. The van der Waals surface area contributed by atoms with E-state index in [2.05, 4.69) is 33.0 Å². The molecule has 1 N–H and O–H groups in total. The van der Waals surface area contributed by atoms with E-state index in [1.165, 1.54) is 12.8 Å². The smallest absolute Gasteiger partial charge is 0.0676 e. The summed E-state index contributed by atoms with van der Waals surface area (Å²) in [5.74, 6) is 1.51. The first-order valence-electron chi connectivity index (χ1n) is 5.93. The van der Waals surface area contributed by atoms with Crippen molar-refractivity contribution in [1.29, 1.82) is 0 Å². The molecule has 1 saturated heterocycles. The second-order valence-corrected chi connectivity index (χ2v) is 5.03. The SMILES string of the molecule is CCC(C)CCNC1(C(C)C)COC1. The summed E-state index contributed by atoms with van der Waals surface area (Å²) < 4.78 is 5.32. The van der Waals surface area contributed by atoms with Crippen LogP contribution in [0.5, 0.6) is 0 Å². The molecule has 1 atom stereocenters. The zero-order chi connectivity index (χ0) is 10.6. The average molecular weight is 199 g/mol. The largest absolute Gasteiger partial charge is 0.377 e. The monoisotopic (exact) mass is 199 g/mol. The maximum absolute atomic E-state index is 5.32. The van der Waals surface area contributed by atoms with Gasteiger partial charge in [0.25, 0.3) is 0 Å². The van der Waals surface area contributed by atoms with Crippen molar-refractivity contribution >= 4 is 0 Å². The Bertz CT molecular complexity index is 164. The average Bonchev–Trinajstić information content (AvgIpc) is 2.08. The van der Waals surface area contributed by atoms with E-state index in [0.29, 0.717) is 5.92 Å². The first-order chi connectivity index (χ1) is 6.60. The van der Waals surface area contributed by atoms with Crippen molar-refractivity contribution in [3.63, 3.8) is 0 Å². The minimum absolute atomic E-state index is 0.285. The minimum Gasteiger partial charge on any atom is -0.377 e. The standard InChI is InChI=1S/C12H25NO/c1-5-11(4)6-7-13-12(10(2)3)8-14-9-12/h10-11,13H,5-9H2,1-4H3. The number of nitrogens with one attached hydrogen (secondary N) is 1. The quantitative estimate of drug-likeness (QED) is 0.709. The Hall–Kier alpha value is -0.0800. The Kier molecular flexibility index (Phi) is 4.39. The molecule has 0 saturated carbocycles. The number of hydrogen-bond acceptors (Lipinski definition) is 2. The highest BCUT2D eigenvalue weighted by Crippen LogP contribution is 2.26. The van der Waals surface area contributed by atoms with E-state index in [-0.39, 0.29) is 5.54 Å². The summed E-state index contributed by atoms with van der Waals surface area (Å²) in [6, 6.07) is 0. The molecule has 0 bridgehead atoms. The molecule has 0 amide bonds. The first kappa shape index (κ1) is 12.0.